The van der Waals surface area contributed by atoms with Gasteiger partial charge < -0.3 is 15.2 Å². The highest BCUT2D eigenvalue weighted by Gasteiger charge is 2.45. The zero-order valence-electron chi connectivity index (χ0n) is 13.5. The van der Waals surface area contributed by atoms with E-state index in [9.17, 15) is 14.4 Å². The fourth-order valence-corrected chi connectivity index (χ4v) is 3.05. The maximum Gasteiger partial charge on any atom is 0.325 e. The predicted molar refractivity (Wildman–Crippen MR) is 81.6 cm³/mol. The molecular weight excluding hydrogens is 298 g/mol. The van der Waals surface area contributed by atoms with Gasteiger partial charge in [0.05, 0.1) is 0 Å². The molecule has 0 radical (unpaired) electrons. The van der Waals surface area contributed by atoms with Crippen LogP contribution in [0.25, 0.3) is 0 Å². The molecule has 8 heteroatoms. The molecule has 3 heterocycles. The summed E-state index contributed by atoms with van der Waals surface area (Å²) >= 11 is 0. The number of nitrogens with zero attached hydrogens (tertiary/aromatic N) is 3. The van der Waals surface area contributed by atoms with Crippen molar-refractivity contribution in [1.82, 2.24) is 25.1 Å². The van der Waals surface area contributed by atoms with Crippen LogP contribution in [0, 0.1) is 6.92 Å². The van der Waals surface area contributed by atoms with Gasteiger partial charge >= 0.3 is 6.03 Å². The largest absolute Gasteiger partial charge is 0.346 e. The van der Waals surface area contributed by atoms with Crippen LogP contribution in [-0.4, -0.2) is 62.8 Å². The Bertz CT molecular complexity index is 666. The molecule has 0 aliphatic carbocycles. The van der Waals surface area contributed by atoms with Gasteiger partial charge in [0.1, 0.15) is 17.9 Å². The zero-order valence-corrected chi connectivity index (χ0v) is 13.5. The first-order valence-electron chi connectivity index (χ1n) is 7.71. The van der Waals surface area contributed by atoms with E-state index in [0.717, 1.165) is 22.8 Å². The van der Waals surface area contributed by atoms with Crippen molar-refractivity contribution in [3.05, 3.63) is 17.7 Å². The van der Waals surface area contributed by atoms with Crippen LogP contribution < -0.4 is 5.32 Å². The number of imide groups is 1. The standard InChI is InChI=1S/C15H21N5O3/c1-9-6-16-12(17-9)10-4-5-19(7-10)11(21)8-20-13(22)15(2,3)18-14(20)23/h6,10H,4-5,7-8H2,1-3H3,(H,16,17)(H,18,23)/t10-/m1/s1. The van der Waals surface area contributed by atoms with Gasteiger partial charge in [-0.05, 0) is 27.2 Å². The lowest BCUT2D eigenvalue weighted by Crippen LogP contribution is -2.44. The minimum Gasteiger partial charge on any atom is -0.346 e. The van der Waals surface area contributed by atoms with Gasteiger partial charge in [-0.25, -0.2) is 9.78 Å². The minimum atomic E-state index is -0.948. The predicted octanol–water partition coefficient (Wildman–Crippen LogP) is 0.364. The quantitative estimate of drug-likeness (QED) is 0.786. The third-order valence-corrected chi connectivity index (χ3v) is 4.39. The summed E-state index contributed by atoms with van der Waals surface area (Å²) in [4.78, 5) is 46.6. The first kappa shape index (κ1) is 15.5. The molecule has 1 aromatic rings. The average molecular weight is 319 g/mol. The maximum atomic E-state index is 12.4. The highest BCUT2D eigenvalue weighted by Crippen LogP contribution is 2.25. The fourth-order valence-electron chi connectivity index (χ4n) is 3.05. The highest BCUT2D eigenvalue weighted by atomic mass is 16.2. The van der Waals surface area contributed by atoms with Crippen molar-refractivity contribution in [2.45, 2.75) is 38.6 Å². The number of imidazole rings is 1. The van der Waals surface area contributed by atoms with Crippen molar-refractivity contribution in [2.75, 3.05) is 19.6 Å². The molecule has 2 aliphatic heterocycles. The third-order valence-electron chi connectivity index (χ3n) is 4.39. The number of amides is 4. The van der Waals surface area contributed by atoms with Crippen LogP contribution in [0.5, 0.6) is 0 Å². The number of carbonyl (C=O) groups excluding carboxylic acids is 3. The summed E-state index contributed by atoms with van der Waals surface area (Å²) in [7, 11) is 0. The van der Waals surface area contributed by atoms with Crippen LogP contribution in [0.3, 0.4) is 0 Å². The minimum absolute atomic E-state index is 0.173. The number of aromatic amines is 1. The number of carbonyl (C=O) groups is 3. The molecule has 2 fully saturated rings. The van der Waals surface area contributed by atoms with Crippen molar-refractivity contribution in [3.63, 3.8) is 0 Å². The Kier molecular flexibility index (Phi) is 3.62. The molecule has 0 saturated carbocycles. The van der Waals surface area contributed by atoms with Gasteiger partial charge in [-0.3, -0.25) is 14.5 Å². The summed E-state index contributed by atoms with van der Waals surface area (Å²) in [5.41, 5.74) is 0.0442. The maximum absolute atomic E-state index is 12.4. The molecule has 2 N–H and O–H groups in total. The lowest BCUT2D eigenvalue weighted by atomic mass is 10.1. The van der Waals surface area contributed by atoms with Gasteiger partial charge in [-0.15, -0.1) is 0 Å². The van der Waals surface area contributed by atoms with E-state index in [1.54, 1.807) is 24.9 Å². The number of H-pyrrole nitrogens is 1. The molecule has 3 rings (SSSR count). The summed E-state index contributed by atoms with van der Waals surface area (Å²) in [6, 6.07) is -0.509. The summed E-state index contributed by atoms with van der Waals surface area (Å²) in [5, 5.41) is 2.58. The van der Waals surface area contributed by atoms with Crippen LogP contribution >= 0.6 is 0 Å². The highest BCUT2D eigenvalue weighted by molar-refractivity contribution is 6.08. The van der Waals surface area contributed by atoms with E-state index in [1.807, 2.05) is 6.92 Å². The number of nitrogens with one attached hydrogen (secondary N) is 2. The number of aryl methyl sites for hydroxylation is 1. The molecule has 0 unspecified atom stereocenters. The van der Waals surface area contributed by atoms with E-state index in [2.05, 4.69) is 15.3 Å². The Morgan fingerprint density at radius 2 is 2.17 bits per heavy atom. The lowest BCUT2D eigenvalue weighted by molar-refractivity contribution is -0.137. The molecular formula is C15H21N5O3. The molecule has 2 aliphatic rings. The van der Waals surface area contributed by atoms with E-state index in [0.29, 0.717) is 13.1 Å². The van der Waals surface area contributed by atoms with Gasteiger partial charge in [-0.1, -0.05) is 0 Å². The van der Waals surface area contributed by atoms with E-state index in [1.165, 1.54) is 0 Å². The SMILES string of the molecule is Cc1cnc([C@@H]2CCN(C(=O)CN3C(=O)NC(C)(C)C3=O)C2)[nH]1. The number of rotatable bonds is 3. The van der Waals surface area contributed by atoms with E-state index in [-0.39, 0.29) is 24.3 Å². The van der Waals surface area contributed by atoms with Crippen LogP contribution in [0.4, 0.5) is 4.79 Å². The number of hydrogen-bond acceptors (Lipinski definition) is 4. The zero-order chi connectivity index (χ0) is 16.8. The normalized spacial score (nSPS) is 23.5. The Balaban J connectivity index is 1.62. The lowest BCUT2D eigenvalue weighted by Gasteiger charge is -2.20. The molecule has 0 aromatic carbocycles. The monoisotopic (exact) mass is 319 g/mol. The number of likely N-dealkylation sites (tertiary alicyclic amines) is 1. The molecule has 8 nitrogen and oxygen atoms in total. The first-order valence-corrected chi connectivity index (χ1v) is 7.71. The molecule has 2 saturated heterocycles. The van der Waals surface area contributed by atoms with E-state index >= 15 is 0 Å². The van der Waals surface area contributed by atoms with Gasteiger partial charge in [0.2, 0.25) is 5.91 Å². The van der Waals surface area contributed by atoms with Crippen molar-refractivity contribution in [1.29, 1.82) is 0 Å². The second kappa shape index (κ2) is 5.36. The Morgan fingerprint density at radius 3 is 2.74 bits per heavy atom. The van der Waals surface area contributed by atoms with Crippen molar-refractivity contribution in [2.24, 2.45) is 0 Å². The molecule has 124 valence electrons. The van der Waals surface area contributed by atoms with Gasteiger partial charge in [0.15, 0.2) is 0 Å². The second-order valence-corrected chi connectivity index (χ2v) is 6.72. The number of aromatic nitrogens is 2. The molecule has 0 bridgehead atoms. The molecule has 0 spiro atoms. The van der Waals surface area contributed by atoms with E-state index < -0.39 is 11.6 Å². The summed E-state index contributed by atoms with van der Waals surface area (Å²) in [6.45, 7) is 6.15. The second-order valence-electron chi connectivity index (χ2n) is 6.72. The fraction of sp³-hybridized carbons (Fsp3) is 0.600. The van der Waals surface area contributed by atoms with Crippen LogP contribution in [0.1, 0.15) is 37.7 Å². The van der Waals surface area contributed by atoms with Crippen molar-refractivity contribution >= 4 is 17.8 Å². The molecule has 23 heavy (non-hydrogen) atoms. The Labute approximate surface area is 134 Å². The summed E-state index contributed by atoms with van der Waals surface area (Å²) < 4.78 is 0. The van der Waals surface area contributed by atoms with Crippen LogP contribution in [-0.2, 0) is 9.59 Å². The van der Waals surface area contributed by atoms with Gasteiger partial charge in [0, 0.05) is 30.9 Å². The number of hydrogen-bond donors (Lipinski definition) is 2. The van der Waals surface area contributed by atoms with Crippen molar-refractivity contribution in [3.8, 4) is 0 Å². The van der Waals surface area contributed by atoms with E-state index in [4.69, 9.17) is 0 Å². The number of urea groups is 1. The Hall–Kier alpha value is -2.38. The topological polar surface area (TPSA) is 98.4 Å². The van der Waals surface area contributed by atoms with Crippen LogP contribution in [0.15, 0.2) is 6.20 Å². The van der Waals surface area contributed by atoms with Crippen LogP contribution in [0.2, 0.25) is 0 Å². The van der Waals surface area contributed by atoms with Gasteiger partial charge in [0.25, 0.3) is 5.91 Å². The van der Waals surface area contributed by atoms with Crippen molar-refractivity contribution < 1.29 is 14.4 Å². The molecule has 4 amide bonds. The first-order chi connectivity index (χ1) is 10.8. The average Bonchev–Trinajstić information content (AvgIpc) is 3.14. The third kappa shape index (κ3) is 2.80. The van der Waals surface area contributed by atoms with Gasteiger partial charge in [-0.2, -0.15) is 0 Å². The Morgan fingerprint density at radius 1 is 1.43 bits per heavy atom. The summed E-state index contributed by atoms with van der Waals surface area (Å²) in [6.07, 6.45) is 2.60. The molecule has 1 aromatic heterocycles. The smallest absolute Gasteiger partial charge is 0.325 e. The molecule has 1 atom stereocenters. The summed E-state index contributed by atoms with van der Waals surface area (Å²) in [5.74, 6) is 0.478.